The second-order valence-electron chi connectivity index (χ2n) is 6.48. The van der Waals surface area contributed by atoms with Crippen LogP contribution >= 0.6 is 0 Å². The van der Waals surface area contributed by atoms with Gasteiger partial charge in [0.05, 0.1) is 18.0 Å². The highest BCUT2D eigenvalue weighted by molar-refractivity contribution is 7.89. The molecule has 2 aromatic carbocycles. The minimum atomic E-state index is -3.82. The summed E-state index contributed by atoms with van der Waals surface area (Å²) in [4.78, 5) is 14.5. The SMILES string of the molecule is CCN(CC(=O)Nc1cccc(S(N)(=O)=O)c1)[C@@H](COC)Cc1ccccc1. The molecule has 0 radical (unpaired) electrons. The molecule has 0 spiro atoms. The molecule has 0 aliphatic carbocycles. The molecule has 8 heteroatoms. The summed E-state index contributed by atoms with van der Waals surface area (Å²) < 4.78 is 28.3. The van der Waals surface area contributed by atoms with Gasteiger partial charge in [0.1, 0.15) is 0 Å². The molecule has 0 saturated carbocycles. The van der Waals surface area contributed by atoms with Crippen LogP contribution in [0.5, 0.6) is 0 Å². The molecule has 0 saturated heterocycles. The molecule has 1 amide bonds. The van der Waals surface area contributed by atoms with Crippen molar-refractivity contribution in [3.05, 3.63) is 60.2 Å². The van der Waals surface area contributed by atoms with E-state index in [1.54, 1.807) is 13.2 Å². The third-order valence-corrected chi connectivity index (χ3v) is 5.30. The summed E-state index contributed by atoms with van der Waals surface area (Å²) in [6.07, 6.45) is 0.761. The number of sulfonamides is 1. The first kappa shape index (κ1) is 22.0. The number of rotatable bonds is 10. The van der Waals surface area contributed by atoms with Gasteiger partial charge in [0.2, 0.25) is 15.9 Å². The van der Waals surface area contributed by atoms with Crippen LogP contribution in [0.2, 0.25) is 0 Å². The van der Waals surface area contributed by atoms with Crippen LogP contribution in [-0.2, 0) is 26.0 Å². The zero-order valence-corrected chi connectivity index (χ0v) is 17.0. The van der Waals surface area contributed by atoms with E-state index in [4.69, 9.17) is 9.88 Å². The van der Waals surface area contributed by atoms with Crippen LogP contribution in [0.4, 0.5) is 5.69 Å². The zero-order valence-electron chi connectivity index (χ0n) is 16.2. The molecule has 7 nitrogen and oxygen atoms in total. The molecule has 0 aliphatic heterocycles. The lowest BCUT2D eigenvalue weighted by Crippen LogP contribution is -2.44. The summed E-state index contributed by atoms with van der Waals surface area (Å²) in [7, 11) is -2.18. The number of primary sulfonamides is 1. The van der Waals surface area contributed by atoms with Crippen molar-refractivity contribution in [1.82, 2.24) is 4.90 Å². The zero-order chi connectivity index (χ0) is 20.6. The molecule has 2 rings (SSSR count). The van der Waals surface area contributed by atoms with Gasteiger partial charge in [0.15, 0.2) is 0 Å². The molecule has 0 aromatic heterocycles. The molecule has 0 aliphatic rings. The maximum atomic E-state index is 12.5. The highest BCUT2D eigenvalue weighted by Crippen LogP contribution is 2.15. The molecule has 0 heterocycles. The van der Waals surface area contributed by atoms with E-state index in [9.17, 15) is 13.2 Å². The van der Waals surface area contributed by atoms with E-state index in [1.807, 2.05) is 30.0 Å². The lowest BCUT2D eigenvalue weighted by molar-refractivity contribution is -0.118. The molecule has 28 heavy (non-hydrogen) atoms. The van der Waals surface area contributed by atoms with Crippen molar-refractivity contribution in [1.29, 1.82) is 0 Å². The highest BCUT2D eigenvalue weighted by Gasteiger charge is 2.20. The van der Waals surface area contributed by atoms with Crippen molar-refractivity contribution >= 4 is 21.6 Å². The number of carbonyl (C=O) groups excluding carboxylic acids is 1. The molecule has 0 fully saturated rings. The van der Waals surface area contributed by atoms with E-state index < -0.39 is 10.0 Å². The topological polar surface area (TPSA) is 102 Å². The predicted molar refractivity (Wildman–Crippen MR) is 110 cm³/mol. The van der Waals surface area contributed by atoms with Gasteiger partial charge in [-0.15, -0.1) is 0 Å². The molecule has 152 valence electrons. The number of anilines is 1. The van der Waals surface area contributed by atoms with E-state index in [2.05, 4.69) is 17.4 Å². The first-order valence-electron chi connectivity index (χ1n) is 9.03. The second kappa shape index (κ2) is 10.3. The van der Waals surface area contributed by atoms with Gasteiger partial charge in [-0.25, -0.2) is 13.6 Å². The lowest BCUT2D eigenvalue weighted by atomic mass is 10.0. The number of ether oxygens (including phenoxy) is 1. The van der Waals surface area contributed by atoms with Crippen LogP contribution in [0.3, 0.4) is 0 Å². The fourth-order valence-electron chi connectivity index (χ4n) is 3.01. The smallest absolute Gasteiger partial charge is 0.238 e. The lowest BCUT2D eigenvalue weighted by Gasteiger charge is -2.30. The number of benzene rings is 2. The van der Waals surface area contributed by atoms with Crippen molar-refractivity contribution in [3.8, 4) is 0 Å². The quantitative estimate of drug-likeness (QED) is 0.628. The van der Waals surface area contributed by atoms with E-state index in [0.29, 0.717) is 18.8 Å². The summed E-state index contributed by atoms with van der Waals surface area (Å²) in [5.74, 6) is -0.234. The molecule has 2 aromatic rings. The van der Waals surface area contributed by atoms with Gasteiger partial charge < -0.3 is 10.1 Å². The molecular weight excluding hydrogens is 378 g/mol. The fraction of sp³-hybridized carbons (Fsp3) is 0.350. The van der Waals surface area contributed by atoms with Gasteiger partial charge in [0, 0.05) is 18.8 Å². The number of nitrogens with one attached hydrogen (secondary N) is 1. The van der Waals surface area contributed by atoms with Crippen LogP contribution in [-0.4, -0.2) is 52.1 Å². The van der Waals surface area contributed by atoms with E-state index in [1.165, 1.54) is 23.8 Å². The minimum Gasteiger partial charge on any atom is -0.383 e. The highest BCUT2D eigenvalue weighted by atomic mass is 32.2. The summed E-state index contributed by atoms with van der Waals surface area (Å²) in [5.41, 5.74) is 1.56. The third-order valence-electron chi connectivity index (χ3n) is 4.39. The Hall–Kier alpha value is -2.26. The van der Waals surface area contributed by atoms with Crippen LogP contribution in [0, 0.1) is 0 Å². The maximum Gasteiger partial charge on any atom is 0.238 e. The van der Waals surface area contributed by atoms with Crippen LogP contribution < -0.4 is 10.5 Å². The van der Waals surface area contributed by atoms with Crippen LogP contribution in [0.1, 0.15) is 12.5 Å². The predicted octanol–water partition coefficient (Wildman–Crippen LogP) is 1.85. The Labute approximate surface area is 166 Å². The molecule has 3 N–H and O–H groups in total. The number of nitrogens with two attached hydrogens (primary N) is 1. The first-order valence-corrected chi connectivity index (χ1v) is 10.6. The number of hydrogen-bond donors (Lipinski definition) is 2. The van der Waals surface area contributed by atoms with E-state index in [0.717, 1.165) is 6.42 Å². The molecule has 1 atom stereocenters. The van der Waals surface area contributed by atoms with Crippen molar-refractivity contribution in [2.45, 2.75) is 24.3 Å². The monoisotopic (exact) mass is 405 g/mol. The van der Waals surface area contributed by atoms with Crippen LogP contribution in [0.15, 0.2) is 59.5 Å². The Bertz CT molecular complexity index is 872. The number of amides is 1. The Morgan fingerprint density at radius 2 is 1.89 bits per heavy atom. The Balaban J connectivity index is 2.06. The van der Waals surface area contributed by atoms with Crippen molar-refractivity contribution < 1.29 is 17.9 Å². The Morgan fingerprint density at radius 1 is 1.18 bits per heavy atom. The van der Waals surface area contributed by atoms with Crippen molar-refractivity contribution in [2.24, 2.45) is 5.14 Å². The number of hydrogen-bond acceptors (Lipinski definition) is 5. The number of nitrogens with zero attached hydrogens (tertiary/aromatic N) is 1. The van der Waals surface area contributed by atoms with Crippen LogP contribution in [0.25, 0.3) is 0 Å². The van der Waals surface area contributed by atoms with Gasteiger partial charge in [-0.2, -0.15) is 0 Å². The average molecular weight is 406 g/mol. The minimum absolute atomic E-state index is 0.0407. The largest absolute Gasteiger partial charge is 0.383 e. The van der Waals surface area contributed by atoms with Gasteiger partial charge in [-0.3, -0.25) is 9.69 Å². The summed E-state index contributed by atoms with van der Waals surface area (Å²) in [6, 6.07) is 16.0. The van der Waals surface area contributed by atoms with Gasteiger partial charge in [-0.1, -0.05) is 43.3 Å². The van der Waals surface area contributed by atoms with E-state index >= 15 is 0 Å². The summed E-state index contributed by atoms with van der Waals surface area (Å²) in [5, 5.41) is 7.88. The third kappa shape index (κ3) is 6.72. The van der Waals surface area contributed by atoms with Gasteiger partial charge in [-0.05, 0) is 36.7 Å². The standard InChI is InChI=1S/C20H27N3O4S/c1-3-23(18(15-27-2)12-16-8-5-4-6-9-16)14-20(24)22-17-10-7-11-19(13-17)28(21,25)26/h4-11,13,18H,3,12,14-15H2,1-2H3,(H,22,24)(H2,21,25,26)/t18-/m1/s1. The first-order chi connectivity index (χ1) is 13.3. The number of likely N-dealkylation sites (N-methyl/N-ethyl adjacent to an activating group) is 1. The van der Waals surface area contributed by atoms with Gasteiger partial charge in [0.25, 0.3) is 0 Å². The normalized spacial score (nSPS) is 12.7. The Morgan fingerprint density at radius 3 is 2.50 bits per heavy atom. The van der Waals surface area contributed by atoms with Crippen molar-refractivity contribution in [3.63, 3.8) is 0 Å². The summed E-state index contributed by atoms with van der Waals surface area (Å²) in [6.45, 7) is 3.32. The van der Waals surface area contributed by atoms with Gasteiger partial charge >= 0.3 is 0 Å². The molecule has 0 bridgehead atoms. The fourth-order valence-corrected chi connectivity index (χ4v) is 3.57. The maximum absolute atomic E-state index is 12.5. The average Bonchev–Trinajstić information content (AvgIpc) is 2.66. The Kier molecular flexibility index (Phi) is 8.13. The van der Waals surface area contributed by atoms with Crippen molar-refractivity contribution in [2.75, 3.05) is 32.1 Å². The number of carbonyl (C=O) groups is 1. The second-order valence-corrected chi connectivity index (χ2v) is 8.04. The number of methoxy groups -OCH3 is 1. The summed E-state index contributed by atoms with van der Waals surface area (Å²) >= 11 is 0. The van der Waals surface area contributed by atoms with E-state index in [-0.39, 0.29) is 23.4 Å². The molecule has 0 unspecified atom stereocenters. The molecular formula is C20H27N3O4S.